The Labute approximate surface area is 130 Å². The lowest BCUT2D eigenvalue weighted by molar-refractivity contribution is -0.170. The number of rotatable bonds is 4. The van der Waals surface area contributed by atoms with Crippen molar-refractivity contribution in [3.8, 4) is 0 Å². The van der Waals surface area contributed by atoms with Crippen molar-refractivity contribution in [2.45, 2.75) is 65.2 Å². The summed E-state index contributed by atoms with van der Waals surface area (Å²) in [6, 6.07) is -0.782. The van der Waals surface area contributed by atoms with Gasteiger partial charge < -0.3 is 14.6 Å². The van der Waals surface area contributed by atoms with Gasteiger partial charge in [-0.3, -0.25) is 4.90 Å². The second kappa shape index (κ2) is 6.98. The zero-order chi connectivity index (χ0) is 17.1. The Kier molecular flexibility index (Phi) is 5.79. The number of hydrogen-bond acceptors (Lipinski definition) is 5. The predicted octanol–water partition coefficient (Wildman–Crippen LogP) is 2.04. The minimum absolute atomic E-state index is 0.349. The largest absolute Gasteiger partial charge is 0.478 e. The number of likely N-dealkylation sites (tertiary alicyclic amines) is 1. The highest BCUT2D eigenvalue weighted by Gasteiger charge is 2.39. The van der Waals surface area contributed by atoms with Crippen molar-refractivity contribution < 1.29 is 29.0 Å². The molecule has 1 N–H and O–H groups in total. The minimum Gasteiger partial charge on any atom is -0.478 e. The average Bonchev–Trinajstić information content (AvgIpc) is 2.81. The first-order valence-electron chi connectivity index (χ1n) is 7.46. The third-order valence-electron chi connectivity index (χ3n) is 3.24. The molecule has 1 aliphatic rings. The van der Waals surface area contributed by atoms with Gasteiger partial charge in [-0.05, 0) is 33.6 Å². The van der Waals surface area contributed by atoms with Crippen LogP contribution in [0.15, 0.2) is 0 Å². The van der Waals surface area contributed by atoms with Gasteiger partial charge in [0.15, 0.2) is 0 Å². The number of carbonyl (C=O) groups excluding carboxylic acids is 2. The van der Waals surface area contributed by atoms with Gasteiger partial charge in [-0.1, -0.05) is 13.8 Å². The highest BCUT2D eigenvalue weighted by molar-refractivity contribution is 5.84. The van der Waals surface area contributed by atoms with Crippen molar-refractivity contribution in [3.63, 3.8) is 0 Å². The zero-order valence-electron chi connectivity index (χ0n) is 13.8. The molecule has 0 spiro atoms. The molecule has 0 aromatic rings. The first-order valence-corrected chi connectivity index (χ1v) is 7.46. The molecule has 1 fully saturated rings. The average molecular weight is 315 g/mol. The van der Waals surface area contributed by atoms with Gasteiger partial charge in [-0.25, -0.2) is 14.4 Å². The molecule has 0 radical (unpaired) electrons. The number of nitrogens with zero attached hydrogens (tertiary/aromatic N) is 1. The van der Waals surface area contributed by atoms with Crippen LogP contribution in [-0.2, 0) is 19.1 Å². The molecule has 0 unspecified atom stereocenters. The number of amides is 1. The normalized spacial score (nSPS) is 19.9. The highest BCUT2D eigenvalue weighted by Crippen LogP contribution is 2.23. The van der Waals surface area contributed by atoms with E-state index >= 15 is 0 Å². The van der Waals surface area contributed by atoms with Crippen molar-refractivity contribution in [3.05, 3.63) is 0 Å². The number of hydrogen-bond donors (Lipinski definition) is 1. The number of ether oxygens (including phenoxy) is 2. The van der Waals surface area contributed by atoms with Crippen molar-refractivity contribution in [1.82, 2.24) is 4.90 Å². The van der Waals surface area contributed by atoms with Crippen LogP contribution in [-0.4, -0.2) is 52.3 Å². The number of carboxylic acids is 1. The van der Waals surface area contributed by atoms with Gasteiger partial charge in [-0.2, -0.15) is 0 Å². The number of carboxylic acid groups (broad SMARTS) is 1. The Morgan fingerprint density at radius 2 is 1.82 bits per heavy atom. The van der Waals surface area contributed by atoms with Gasteiger partial charge in [0.25, 0.3) is 0 Å². The fourth-order valence-corrected chi connectivity index (χ4v) is 2.23. The molecular weight excluding hydrogens is 290 g/mol. The van der Waals surface area contributed by atoms with Gasteiger partial charge in [-0.15, -0.1) is 0 Å². The Morgan fingerprint density at radius 1 is 1.23 bits per heavy atom. The molecule has 0 aromatic carbocycles. The molecule has 1 heterocycles. The Balaban J connectivity index is 2.75. The lowest BCUT2D eigenvalue weighted by Crippen LogP contribution is -2.46. The van der Waals surface area contributed by atoms with Crippen LogP contribution in [0.3, 0.4) is 0 Å². The van der Waals surface area contributed by atoms with Crippen LogP contribution in [0.4, 0.5) is 4.79 Å². The summed E-state index contributed by atoms with van der Waals surface area (Å²) >= 11 is 0. The van der Waals surface area contributed by atoms with E-state index in [0.717, 1.165) is 0 Å². The molecule has 1 rings (SSSR count). The first kappa shape index (κ1) is 18.3. The van der Waals surface area contributed by atoms with Gasteiger partial charge in [0.05, 0.1) is 0 Å². The van der Waals surface area contributed by atoms with E-state index in [9.17, 15) is 14.4 Å². The van der Waals surface area contributed by atoms with E-state index in [1.165, 1.54) is 4.90 Å². The molecule has 7 heteroatoms. The quantitative estimate of drug-likeness (QED) is 0.798. The van der Waals surface area contributed by atoms with Crippen molar-refractivity contribution in [2.75, 3.05) is 6.54 Å². The third kappa shape index (κ3) is 4.89. The molecule has 126 valence electrons. The molecule has 0 saturated carbocycles. The van der Waals surface area contributed by atoms with E-state index in [1.807, 2.05) is 0 Å². The van der Waals surface area contributed by atoms with E-state index in [2.05, 4.69) is 0 Å². The van der Waals surface area contributed by atoms with Crippen molar-refractivity contribution >= 4 is 18.0 Å². The SMILES string of the molecule is CC(C)[C@H](OC(=O)[C@@H]1CCCN1C(=O)OC(C)(C)C)C(=O)O. The summed E-state index contributed by atoms with van der Waals surface area (Å²) < 4.78 is 10.3. The molecule has 1 aliphatic heterocycles. The van der Waals surface area contributed by atoms with Gasteiger partial charge in [0, 0.05) is 12.5 Å². The van der Waals surface area contributed by atoms with Gasteiger partial charge >= 0.3 is 18.0 Å². The molecule has 0 bridgehead atoms. The Morgan fingerprint density at radius 3 is 2.27 bits per heavy atom. The van der Waals surface area contributed by atoms with E-state index in [0.29, 0.717) is 19.4 Å². The summed E-state index contributed by atoms with van der Waals surface area (Å²) in [6.07, 6.45) is -0.696. The third-order valence-corrected chi connectivity index (χ3v) is 3.24. The Hall–Kier alpha value is -1.79. The van der Waals surface area contributed by atoms with Gasteiger partial charge in [0.2, 0.25) is 6.10 Å². The first-order chi connectivity index (χ1) is 10.0. The Bertz CT molecular complexity index is 440. The number of aliphatic carboxylic acids is 1. The summed E-state index contributed by atoms with van der Waals surface area (Å²) in [5.41, 5.74) is -0.657. The second-order valence-corrected chi connectivity index (χ2v) is 6.77. The molecular formula is C15H25NO6. The minimum atomic E-state index is -1.21. The van der Waals surface area contributed by atoms with E-state index in [-0.39, 0.29) is 5.92 Å². The van der Waals surface area contributed by atoms with Gasteiger partial charge in [0.1, 0.15) is 11.6 Å². The van der Waals surface area contributed by atoms with E-state index < -0.39 is 35.8 Å². The summed E-state index contributed by atoms with van der Waals surface area (Å²) in [4.78, 5) is 36.7. The molecule has 1 amide bonds. The topological polar surface area (TPSA) is 93.1 Å². The molecule has 0 aliphatic carbocycles. The summed E-state index contributed by atoms with van der Waals surface area (Å²) in [7, 11) is 0. The summed E-state index contributed by atoms with van der Waals surface area (Å²) in [5.74, 6) is -2.23. The standard InChI is InChI=1S/C15H25NO6/c1-9(2)11(12(17)18)21-13(19)10-7-6-8-16(10)14(20)22-15(3,4)5/h9-11H,6-8H2,1-5H3,(H,17,18)/t10-,11-/m0/s1. The van der Waals surface area contributed by atoms with Crippen molar-refractivity contribution in [2.24, 2.45) is 5.92 Å². The molecule has 0 aromatic heterocycles. The van der Waals surface area contributed by atoms with Crippen molar-refractivity contribution in [1.29, 1.82) is 0 Å². The predicted molar refractivity (Wildman–Crippen MR) is 78.3 cm³/mol. The van der Waals surface area contributed by atoms with Crippen LogP contribution in [0.1, 0.15) is 47.5 Å². The molecule has 1 saturated heterocycles. The van der Waals surface area contributed by atoms with Crippen LogP contribution < -0.4 is 0 Å². The molecule has 22 heavy (non-hydrogen) atoms. The number of esters is 1. The van der Waals surface area contributed by atoms with Crippen LogP contribution in [0.2, 0.25) is 0 Å². The fourth-order valence-electron chi connectivity index (χ4n) is 2.23. The smallest absolute Gasteiger partial charge is 0.411 e. The second-order valence-electron chi connectivity index (χ2n) is 6.77. The lowest BCUT2D eigenvalue weighted by Gasteiger charge is -2.28. The maximum absolute atomic E-state index is 12.2. The van der Waals surface area contributed by atoms with Crippen LogP contribution >= 0.6 is 0 Å². The van der Waals surface area contributed by atoms with E-state index in [4.69, 9.17) is 14.6 Å². The molecule has 2 atom stereocenters. The fraction of sp³-hybridized carbons (Fsp3) is 0.800. The maximum atomic E-state index is 12.2. The summed E-state index contributed by atoms with van der Waals surface area (Å²) in [5, 5.41) is 9.08. The van der Waals surface area contributed by atoms with Crippen LogP contribution in [0.5, 0.6) is 0 Å². The lowest BCUT2D eigenvalue weighted by atomic mass is 10.1. The zero-order valence-corrected chi connectivity index (χ0v) is 13.8. The maximum Gasteiger partial charge on any atom is 0.411 e. The monoisotopic (exact) mass is 315 g/mol. The highest BCUT2D eigenvalue weighted by atomic mass is 16.6. The number of carbonyl (C=O) groups is 3. The van der Waals surface area contributed by atoms with Crippen LogP contribution in [0, 0.1) is 5.92 Å². The summed E-state index contributed by atoms with van der Waals surface area (Å²) in [6.45, 7) is 8.95. The van der Waals surface area contributed by atoms with Crippen LogP contribution in [0.25, 0.3) is 0 Å². The molecule has 7 nitrogen and oxygen atoms in total. The van der Waals surface area contributed by atoms with E-state index in [1.54, 1.807) is 34.6 Å².